The normalized spacial score (nSPS) is 36.8. The van der Waals surface area contributed by atoms with Crippen LogP contribution in [0.15, 0.2) is 0 Å². The zero-order chi connectivity index (χ0) is 18.1. The Balaban J connectivity index is 1.21. The smallest absolute Gasteiger partial charge is 0.232 e. The predicted octanol–water partition coefficient (Wildman–Crippen LogP) is 2.30. The van der Waals surface area contributed by atoms with Gasteiger partial charge in [-0.25, -0.2) is 0 Å². The average molecular weight is 381 g/mol. The van der Waals surface area contributed by atoms with Crippen LogP contribution < -0.4 is 5.32 Å². The molecule has 1 saturated heterocycles. The number of hydrogen-bond donors (Lipinski definition) is 1. The fourth-order valence-electron chi connectivity index (χ4n) is 6.28. The molecule has 2 amide bonds. The van der Waals surface area contributed by atoms with Crippen molar-refractivity contribution in [3.05, 3.63) is 0 Å². The lowest BCUT2D eigenvalue weighted by Gasteiger charge is -2.59. The van der Waals surface area contributed by atoms with Gasteiger partial charge in [-0.05, 0) is 68.6 Å². The molecule has 0 radical (unpaired) electrons. The number of rotatable bonds is 6. The van der Waals surface area contributed by atoms with E-state index in [9.17, 15) is 9.59 Å². The van der Waals surface area contributed by atoms with Gasteiger partial charge in [0.2, 0.25) is 11.8 Å². The molecular weight excluding hydrogens is 348 g/mol. The molecule has 26 heavy (non-hydrogen) atoms. The van der Waals surface area contributed by atoms with Gasteiger partial charge >= 0.3 is 0 Å². The van der Waals surface area contributed by atoms with Crippen LogP contribution in [0.3, 0.4) is 0 Å². The van der Waals surface area contributed by atoms with Gasteiger partial charge in [0.1, 0.15) is 0 Å². The van der Waals surface area contributed by atoms with Crippen molar-refractivity contribution in [2.24, 2.45) is 23.2 Å². The Morgan fingerprint density at radius 3 is 2.23 bits per heavy atom. The molecule has 1 unspecified atom stereocenters. The molecule has 1 N–H and O–H groups in total. The summed E-state index contributed by atoms with van der Waals surface area (Å²) >= 11 is 1.44. The molecule has 5 fully saturated rings. The molecule has 6 heteroatoms. The topological polar surface area (TPSA) is 58.6 Å². The van der Waals surface area contributed by atoms with Gasteiger partial charge in [0.25, 0.3) is 0 Å². The number of carbonyl (C=O) groups excluding carboxylic acids is 2. The lowest BCUT2D eigenvalue weighted by atomic mass is 9.48. The van der Waals surface area contributed by atoms with Crippen LogP contribution >= 0.6 is 11.8 Å². The van der Waals surface area contributed by atoms with Crippen LogP contribution in [0.2, 0.25) is 0 Å². The Morgan fingerprint density at radius 1 is 1.08 bits per heavy atom. The maximum absolute atomic E-state index is 12.4. The standard InChI is InChI=1S/C20H32N2O3S/c1-14(20-9-15-6-16(10-20)8-17(7-15)11-20)21-18(23)12-26-13-19(24)22-2-4-25-5-3-22/h14-17H,2-13H2,1H3,(H,21,23). The third-order valence-electron chi connectivity index (χ3n) is 7.20. The molecule has 0 aromatic heterocycles. The van der Waals surface area contributed by atoms with Gasteiger partial charge in [-0.15, -0.1) is 11.8 Å². The quantitative estimate of drug-likeness (QED) is 0.768. The van der Waals surface area contributed by atoms with Gasteiger partial charge in [0.15, 0.2) is 0 Å². The lowest BCUT2D eigenvalue weighted by molar-refractivity contribution is -0.132. The van der Waals surface area contributed by atoms with Crippen molar-refractivity contribution in [1.82, 2.24) is 10.2 Å². The number of thioether (sulfide) groups is 1. The number of carbonyl (C=O) groups is 2. The second-order valence-electron chi connectivity index (χ2n) is 9.06. The Bertz CT molecular complexity index is 512. The highest BCUT2D eigenvalue weighted by Gasteiger charge is 2.53. The molecule has 0 spiro atoms. The van der Waals surface area contributed by atoms with E-state index >= 15 is 0 Å². The van der Waals surface area contributed by atoms with Crippen LogP contribution in [0.4, 0.5) is 0 Å². The van der Waals surface area contributed by atoms with Crippen LogP contribution in [0.25, 0.3) is 0 Å². The zero-order valence-corrected chi connectivity index (χ0v) is 16.7. The molecule has 0 aromatic rings. The highest BCUT2D eigenvalue weighted by atomic mass is 32.2. The summed E-state index contributed by atoms with van der Waals surface area (Å²) in [6.07, 6.45) is 8.22. The molecular formula is C20H32N2O3S. The van der Waals surface area contributed by atoms with Crippen molar-refractivity contribution in [2.75, 3.05) is 37.8 Å². The van der Waals surface area contributed by atoms with Crippen molar-refractivity contribution < 1.29 is 14.3 Å². The molecule has 4 aliphatic carbocycles. The first kappa shape index (κ1) is 18.6. The molecule has 4 saturated carbocycles. The first-order valence-corrected chi connectivity index (χ1v) is 11.4. The van der Waals surface area contributed by atoms with Gasteiger partial charge in [0, 0.05) is 19.1 Å². The van der Waals surface area contributed by atoms with Crippen LogP contribution in [0.1, 0.15) is 45.4 Å². The summed E-state index contributed by atoms with van der Waals surface area (Å²) in [5.74, 6) is 3.70. The van der Waals surface area contributed by atoms with Crippen molar-refractivity contribution in [1.29, 1.82) is 0 Å². The van der Waals surface area contributed by atoms with E-state index < -0.39 is 0 Å². The third-order valence-corrected chi connectivity index (χ3v) is 8.12. The molecule has 5 rings (SSSR count). The highest BCUT2D eigenvalue weighted by molar-refractivity contribution is 8.00. The maximum atomic E-state index is 12.4. The van der Waals surface area contributed by atoms with E-state index in [0.717, 1.165) is 17.8 Å². The molecule has 1 aliphatic heterocycles. The van der Waals surface area contributed by atoms with Gasteiger partial charge < -0.3 is 15.0 Å². The SMILES string of the molecule is CC(NC(=O)CSCC(=O)N1CCOCC1)C12CC3CC(CC(C3)C1)C2. The van der Waals surface area contributed by atoms with Crippen LogP contribution in [-0.2, 0) is 14.3 Å². The monoisotopic (exact) mass is 380 g/mol. The van der Waals surface area contributed by atoms with Gasteiger partial charge in [-0.1, -0.05) is 0 Å². The molecule has 5 aliphatic rings. The summed E-state index contributed by atoms with van der Waals surface area (Å²) in [5.41, 5.74) is 0.346. The summed E-state index contributed by atoms with van der Waals surface area (Å²) < 4.78 is 5.27. The van der Waals surface area contributed by atoms with Crippen molar-refractivity contribution in [2.45, 2.75) is 51.5 Å². The van der Waals surface area contributed by atoms with Crippen LogP contribution in [0, 0.1) is 23.2 Å². The second-order valence-corrected chi connectivity index (χ2v) is 10.0. The van der Waals surface area contributed by atoms with E-state index in [-0.39, 0.29) is 17.9 Å². The molecule has 5 nitrogen and oxygen atoms in total. The zero-order valence-electron chi connectivity index (χ0n) is 15.9. The largest absolute Gasteiger partial charge is 0.378 e. The van der Waals surface area contributed by atoms with Crippen LogP contribution in [-0.4, -0.2) is 60.6 Å². The fraction of sp³-hybridized carbons (Fsp3) is 0.900. The van der Waals surface area contributed by atoms with E-state index in [1.165, 1.54) is 50.3 Å². The van der Waals surface area contributed by atoms with E-state index in [4.69, 9.17) is 4.74 Å². The van der Waals surface area contributed by atoms with Crippen LogP contribution in [0.5, 0.6) is 0 Å². The summed E-state index contributed by atoms with van der Waals surface area (Å²) in [4.78, 5) is 26.4. The Labute approximate surface area is 161 Å². The Kier molecular flexibility index (Phi) is 5.51. The maximum Gasteiger partial charge on any atom is 0.232 e. The van der Waals surface area contributed by atoms with Gasteiger partial charge in [-0.3, -0.25) is 9.59 Å². The number of nitrogens with one attached hydrogen (secondary N) is 1. The number of ether oxygens (including phenoxy) is 1. The van der Waals surface area contributed by atoms with Gasteiger partial charge in [0.05, 0.1) is 24.7 Å². The Hall–Kier alpha value is -0.750. The minimum atomic E-state index is 0.0908. The number of amides is 2. The summed E-state index contributed by atoms with van der Waals surface area (Å²) in [6, 6.07) is 0.263. The second kappa shape index (κ2) is 7.70. The molecule has 4 bridgehead atoms. The van der Waals surface area contributed by atoms with E-state index in [0.29, 0.717) is 43.2 Å². The van der Waals surface area contributed by atoms with Crippen molar-refractivity contribution >= 4 is 23.6 Å². The third kappa shape index (κ3) is 3.91. The van der Waals surface area contributed by atoms with Crippen molar-refractivity contribution in [3.63, 3.8) is 0 Å². The first-order chi connectivity index (χ1) is 12.5. The van der Waals surface area contributed by atoms with Crippen molar-refractivity contribution in [3.8, 4) is 0 Å². The van der Waals surface area contributed by atoms with E-state index in [1.807, 2.05) is 4.90 Å². The fourth-order valence-corrected chi connectivity index (χ4v) is 7.01. The van der Waals surface area contributed by atoms with E-state index in [1.54, 1.807) is 0 Å². The first-order valence-electron chi connectivity index (χ1n) is 10.3. The van der Waals surface area contributed by atoms with Gasteiger partial charge in [-0.2, -0.15) is 0 Å². The minimum Gasteiger partial charge on any atom is -0.378 e. The summed E-state index contributed by atoms with van der Waals surface area (Å²) in [7, 11) is 0. The molecule has 0 aromatic carbocycles. The molecule has 1 heterocycles. The number of morpholine rings is 1. The summed E-state index contributed by atoms with van der Waals surface area (Å²) in [5, 5.41) is 3.29. The number of nitrogens with zero attached hydrogens (tertiary/aromatic N) is 1. The van der Waals surface area contributed by atoms with E-state index in [2.05, 4.69) is 12.2 Å². The highest BCUT2D eigenvalue weighted by Crippen LogP contribution is 2.61. The predicted molar refractivity (Wildman–Crippen MR) is 103 cm³/mol. The summed E-state index contributed by atoms with van der Waals surface area (Å²) in [6.45, 7) is 4.82. The Morgan fingerprint density at radius 2 is 1.65 bits per heavy atom. The number of hydrogen-bond acceptors (Lipinski definition) is 4. The molecule has 1 atom stereocenters. The lowest BCUT2D eigenvalue weighted by Crippen LogP contribution is -2.56. The minimum absolute atomic E-state index is 0.0908. The average Bonchev–Trinajstić information content (AvgIpc) is 2.61. The molecule has 146 valence electrons.